The fourth-order valence-corrected chi connectivity index (χ4v) is 3.93. The lowest BCUT2D eigenvalue weighted by atomic mass is 9.96. The fourth-order valence-electron chi connectivity index (χ4n) is 3.93. The van der Waals surface area contributed by atoms with Gasteiger partial charge in [0.2, 0.25) is 0 Å². The third-order valence-electron chi connectivity index (χ3n) is 5.47. The number of rotatable bonds is 6. The topological polar surface area (TPSA) is 31.2 Å². The summed E-state index contributed by atoms with van der Waals surface area (Å²) in [5.74, 6) is 0.910. The van der Waals surface area contributed by atoms with Crippen LogP contribution < -0.4 is 4.74 Å². The van der Waals surface area contributed by atoms with Gasteiger partial charge in [-0.3, -0.25) is 4.79 Å². The third-order valence-corrected chi connectivity index (χ3v) is 5.47. The van der Waals surface area contributed by atoms with Gasteiger partial charge in [0.15, 0.2) is 5.78 Å². The molecule has 0 saturated carbocycles. The second-order valence-electron chi connectivity index (χ2n) is 7.49. The van der Waals surface area contributed by atoms with Crippen LogP contribution in [0, 0.1) is 6.92 Å². The molecule has 0 unspecified atom stereocenters. The zero-order chi connectivity index (χ0) is 21.1. The monoisotopic (exact) mass is 395 g/mol. The van der Waals surface area contributed by atoms with Gasteiger partial charge in [-0.1, -0.05) is 60.7 Å². The lowest BCUT2D eigenvalue weighted by Crippen LogP contribution is -2.02. The molecule has 3 nitrogen and oxygen atoms in total. The van der Waals surface area contributed by atoms with E-state index in [1.54, 1.807) is 14.0 Å². The summed E-state index contributed by atoms with van der Waals surface area (Å²) in [6, 6.07) is 26.7. The predicted octanol–water partition coefficient (Wildman–Crippen LogP) is 6.39. The van der Waals surface area contributed by atoms with E-state index >= 15 is 0 Å². The minimum Gasteiger partial charge on any atom is -0.497 e. The molecule has 0 aliphatic heterocycles. The molecule has 4 aromatic rings. The van der Waals surface area contributed by atoms with E-state index in [4.69, 9.17) is 4.74 Å². The molecular weight excluding hydrogens is 370 g/mol. The third kappa shape index (κ3) is 3.92. The van der Waals surface area contributed by atoms with Crippen molar-refractivity contribution in [3.63, 3.8) is 0 Å². The molecule has 0 saturated heterocycles. The lowest BCUT2D eigenvalue weighted by Gasteiger charge is -2.08. The molecule has 0 amide bonds. The van der Waals surface area contributed by atoms with Crippen LogP contribution in [0.3, 0.4) is 0 Å². The number of ketones is 1. The molecule has 4 rings (SSSR count). The van der Waals surface area contributed by atoms with E-state index in [9.17, 15) is 4.79 Å². The summed E-state index contributed by atoms with van der Waals surface area (Å²) in [5, 5.41) is 0. The molecular formula is C27H25NO2. The molecule has 1 aromatic heterocycles. The van der Waals surface area contributed by atoms with Crippen LogP contribution in [-0.4, -0.2) is 17.5 Å². The van der Waals surface area contributed by atoms with E-state index in [0.717, 1.165) is 45.8 Å². The smallest absolute Gasteiger partial charge is 0.162 e. The number of hydrogen-bond donors (Lipinski definition) is 0. The molecule has 0 aliphatic rings. The summed E-state index contributed by atoms with van der Waals surface area (Å²) in [4.78, 5) is 12.5. The van der Waals surface area contributed by atoms with Crippen molar-refractivity contribution in [2.24, 2.45) is 0 Å². The van der Waals surface area contributed by atoms with Gasteiger partial charge in [0.25, 0.3) is 0 Å². The van der Waals surface area contributed by atoms with Crippen LogP contribution in [0.5, 0.6) is 5.75 Å². The van der Waals surface area contributed by atoms with Crippen molar-refractivity contribution >= 4 is 5.78 Å². The van der Waals surface area contributed by atoms with E-state index < -0.39 is 0 Å². The predicted molar refractivity (Wildman–Crippen MR) is 122 cm³/mol. The quantitative estimate of drug-likeness (QED) is 0.354. The van der Waals surface area contributed by atoms with Crippen LogP contribution in [0.2, 0.25) is 0 Å². The van der Waals surface area contributed by atoms with Gasteiger partial charge in [0, 0.05) is 29.6 Å². The molecule has 0 atom stereocenters. The summed E-state index contributed by atoms with van der Waals surface area (Å²) in [6.07, 6.45) is 2.10. The lowest BCUT2D eigenvalue weighted by molar-refractivity contribution is 0.101. The Balaban J connectivity index is 1.78. The molecule has 1 heterocycles. The Morgan fingerprint density at radius 2 is 1.53 bits per heavy atom. The normalized spacial score (nSPS) is 10.8. The number of carbonyl (C=O) groups excluding carboxylic acids is 1. The molecule has 0 N–H and O–H groups in total. The van der Waals surface area contributed by atoms with E-state index in [-0.39, 0.29) is 5.78 Å². The summed E-state index contributed by atoms with van der Waals surface area (Å²) in [7, 11) is 1.67. The second kappa shape index (κ2) is 8.42. The summed E-state index contributed by atoms with van der Waals surface area (Å²) < 4.78 is 7.54. The minimum atomic E-state index is 0.0843. The van der Waals surface area contributed by atoms with Crippen LogP contribution in [0.25, 0.3) is 22.3 Å². The standard InChI is InChI=1S/C27H25NO2/c1-19-27(20(2)29)26(18-28(19)17-21-9-5-4-6-10-21)24-13-7-11-22(15-24)23-12-8-14-25(16-23)30-3/h4-16,18H,17H2,1-3H3. The maximum absolute atomic E-state index is 12.5. The Morgan fingerprint density at radius 3 is 2.23 bits per heavy atom. The molecule has 0 bridgehead atoms. The van der Waals surface area contributed by atoms with Gasteiger partial charge >= 0.3 is 0 Å². The summed E-state index contributed by atoms with van der Waals surface area (Å²) >= 11 is 0. The van der Waals surface area contributed by atoms with E-state index in [2.05, 4.69) is 47.2 Å². The van der Waals surface area contributed by atoms with Crippen molar-refractivity contribution in [3.8, 4) is 28.0 Å². The Labute approximate surface area is 177 Å². The minimum absolute atomic E-state index is 0.0843. The molecule has 30 heavy (non-hydrogen) atoms. The fraction of sp³-hybridized carbons (Fsp3) is 0.148. The Kier molecular flexibility index (Phi) is 5.53. The molecule has 3 aromatic carbocycles. The SMILES string of the molecule is COc1cccc(-c2cccc(-c3cn(Cc4ccccc4)c(C)c3C(C)=O)c2)c1. The first-order valence-corrected chi connectivity index (χ1v) is 10.1. The first kappa shape index (κ1) is 19.7. The highest BCUT2D eigenvalue weighted by Gasteiger charge is 2.18. The number of carbonyl (C=O) groups is 1. The summed E-state index contributed by atoms with van der Waals surface area (Å²) in [6.45, 7) is 4.40. The average Bonchev–Trinajstić information content (AvgIpc) is 3.11. The first-order valence-electron chi connectivity index (χ1n) is 10.1. The number of benzene rings is 3. The molecule has 3 heteroatoms. The van der Waals surface area contributed by atoms with E-state index in [1.165, 1.54) is 5.56 Å². The van der Waals surface area contributed by atoms with Crippen molar-refractivity contribution < 1.29 is 9.53 Å². The molecule has 0 spiro atoms. The molecule has 0 radical (unpaired) electrons. The number of hydrogen-bond acceptors (Lipinski definition) is 2. The number of methoxy groups -OCH3 is 1. The molecule has 150 valence electrons. The highest BCUT2D eigenvalue weighted by atomic mass is 16.5. The van der Waals surface area contributed by atoms with E-state index in [0.29, 0.717) is 0 Å². The molecule has 0 fully saturated rings. The number of nitrogens with zero attached hydrogens (tertiary/aromatic N) is 1. The zero-order valence-electron chi connectivity index (χ0n) is 17.6. The van der Waals surface area contributed by atoms with Gasteiger partial charge in [-0.25, -0.2) is 0 Å². The highest BCUT2D eigenvalue weighted by Crippen LogP contribution is 2.33. The van der Waals surface area contributed by atoms with Crippen molar-refractivity contribution in [2.75, 3.05) is 7.11 Å². The largest absolute Gasteiger partial charge is 0.497 e. The van der Waals surface area contributed by atoms with Gasteiger partial charge in [0.05, 0.1) is 7.11 Å². The maximum atomic E-state index is 12.5. The number of ether oxygens (including phenoxy) is 1. The van der Waals surface area contributed by atoms with Crippen molar-refractivity contribution in [1.29, 1.82) is 0 Å². The highest BCUT2D eigenvalue weighted by molar-refractivity contribution is 6.02. The van der Waals surface area contributed by atoms with Crippen LogP contribution in [0.1, 0.15) is 28.5 Å². The van der Waals surface area contributed by atoms with Crippen molar-refractivity contribution in [3.05, 3.63) is 102 Å². The van der Waals surface area contributed by atoms with Crippen LogP contribution in [0.15, 0.2) is 85.1 Å². The van der Waals surface area contributed by atoms with Gasteiger partial charge in [-0.15, -0.1) is 0 Å². The van der Waals surface area contributed by atoms with E-state index in [1.807, 2.05) is 49.4 Å². The van der Waals surface area contributed by atoms with Gasteiger partial charge in [-0.2, -0.15) is 0 Å². The van der Waals surface area contributed by atoms with Crippen molar-refractivity contribution in [1.82, 2.24) is 4.57 Å². The Hall–Kier alpha value is -3.59. The van der Waals surface area contributed by atoms with Gasteiger partial charge < -0.3 is 9.30 Å². The van der Waals surface area contributed by atoms with Crippen LogP contribution in [-0.2, 0) is 6.54 Å². The molecule has 0 aliphatic carbocycles. The number of Topliss-reactive ketones (excluding diaryl/α,β-unsaturated/α-hetero) is 1. The maximum Gasteiger partial charge on any atom is 0.162 e. The van der Waals surface area contributed by atoms with Gasteiger partial charge in [-0.05, 0) is 54.3 Å². The number of aromatic nitrogens is 1. The average molecular weight is 396 g/mol. The van der Waals surface area contributed by atoms with Crippen molar-refractivity contribution in [2.45, 2.75) is 20.4 Å². The van der Waals surface area contributed by atoms with Crippen LogP contribution in [0.4, 0.5) is 0 Å². The first-order chi connectivity index (χ1) is 14.6. The van der Waals surface area contributed by atoms with Gasteiger partial charge in [0.1, 0.15) is 5.75 Å². The van der Waals surface area contributed by atoms with Crippen LogP contribution >= 0.6 is 0 Å². The summed E-state index contributed by atoms with van der Waals surface area (Å²) in [5.41, 5.74) is 7.18. The Morgan fingerprint density at radius 1 is 0.867 bits per heavy atom. The Bertz CT molecular complexity index is 1190. The zero-order valence-corrected chi connectivity index (χ0v) is 17.6. The second-order valence-corrected chi connectivity index (χ2v) is 7.49.